The molecule has 1 aliphatic rings. The summed E-state index contributed by atoms with van der Waals surface area (Å²) in [6.07, 6.45) is 7.40. The Morgan fingerprint density at radius 3 is 2.80 bits per heavy atom. The first kappa shape index (κ1) is 8.85. The average Bonchev–Trinajstić information content (AvgIpc) is 2.63. The molecule has 4 heteroatoms. The summed E-state index contributed by atoms with van der Waals surface area (Å²) in [5, 5.41) is 0. The fourth-order valence-corrected chi connectivity index (χ4v) is 2.33. The van der Waals surface area contributed by atoms with Gasteiger partial charge >= 0.3 is 0 Å². The van der Waals surface area contributed by atoms with E-state index in [4.69, 9.17) is 5.73 Å². The van der Waals surface area contributed by atoms with Gasteiger partial charge in [0.1, 0.15) is 0 Å². The van der Waals surface area contributed by atoms with E-state index < -0.39 is 0 Å². The van der Waals surface area contributed by atoms with Crippen LogP contribution in [0, 0.1) is 5.41 Å². The van der Waals surface area contributed by atoms with E-state index in [1.54, 1.807) is 12.4 Å². The quantitative estimate of drug-likeness (QED) is 0.755. The van der Waals surface area contributed by atoms with Crippen molar-refractivity contribution in [3.05, 3.63) is 30.5 Å². The summed E-state index contributed by atoms with van der Waals surface area (Å²) in [5.41, 5.74) is 8.35. The minimum absolute atomic E-state index is 0.194. The molecule has 3 rings (SSSR count). The molecule has 0 aliphatic heterocycles. The smallest absolute Gasteiger partial charge is 0.155 e. The Morgan fingerprint density at radius 1 is 1.40 bits per heavy atom. The molecule has 0 saturated heterocycles. The third-order valence-corrected chi connectivity index (χ3v) is 3.58. The van der Waals surface area contributed by atoms with Gasteiger partial charge in [0.2, 0.25) is 0 Å². The summed E-state index contributed by atoms with van der Waals surface area (Å²) in [4.78, 5) is 8.37. The zero-order valence-corrected chi connectivity index (χ0v) is 8.88. The Balaban J connectivity index is 2.14. The summed E-state index contributed by atoms with van der Waals surface area (Å²) < 4.78 is 2.08. The maximum absolute atomic E-state index is 6.07. The number of rotatable bonds is 1. The molecule has 0 radical (unpaired) electrons. The lowest BCUT2D eigenvalue weighted by atomic mass is 10.1. The highest BCUT2D eigenvalue weighted by molar-refractivity contribution is 5.41. The first-order valence-corrected chi connectivity index (χ1v) is 5.15. The van der Waals surface area contributed by atoms with Crippen molar-refractivity contribution >= 4 is 5.65 Å². The third-order valence-electron chi connectivity index (χ3n) is 3.58. The van der Waals surface area contributed by atoms with Crippen LogP contribution in [0.4, 0.5) is 0 Å². The predicted molar refractivity (Wildman–Crippen MR) is 57.5 cm³/mol. The number of aromatic nitrogens is 3. The van der Waals surface area contributed by atoms with E-state index in [-0.39, 0.29) is 11.5 Å². The SMILES string of the molecule is CC1(C)C(N)C1c1cnc2cnccn12. The Bertz CT molecular complexity index is 514. The maximum atomic E-state index is 6.07. The fourth-order valence-electron chi connectivity index (χ4n) is 2.33. The molecule has 0 spiro atoms. The molecule has 0 amide bonds. The number of hydrogen-bond donors (Lipinski definition) is 1. The highest BCUT2D eigenvalue weighted by atomic mass is 15.0. The largest absolute Gasteiger partial charge is 0.327 e. The fraction of sp³-hybridized carbons (Fsp3) is 0.455. The average molecular weight is 202 g/mol. The van der Waals surface area contributed by atoms with E-state index in [0.717, 1.165) is 5.65 Å². The summed E-state index contributed by atoms with van der Waals surface area (Å²) >= 11 is 0. The highest BCUT2D eigenvalue weighted by Crippen LogP contribution is 2.57. The van der Waals surface area contributed by atoms with Crippen LogP contribution < -0.4 is 5.73 Å². The van der Waals surface area contributed by atoms with Gasteiger partial charge < -0.3 is 10.1 Å². The van der Waals surface area contributed by atoms with Crippen molar-refractivity contribution in [2.24, 2.45) is 11.1 Å². The van der Waals surface area contributed by atoms with E-state index in [1.807, 2.05) is 12.4 Å². The lowest BCUT2D eigenvalue weighted by molar-refractivity contribution is 0.594. The van der Waals surface area contributed by atoms with E-state index in [1.165, 1.54) is 5.69 Å². The Labute approximate surface area is 88.1 Å². The molecule has 4 nitrogen and oxygen atoms in total. The maximum Gasteiger partial charge on any atom is 0.155 e. The summed E-state index contributed by atoms with van der Waals surface area (Å²) in [6.45, 7) is 4.39. The normalized spacial score (nSPS) is 28.2. The molecular formula is C11H14N4. The van der Waals surface area contributed by atoms with Crippen LogP contribution in [0.1, 0.15) is 25.5 Å². The molecule has 1 fully saturated rings. The molecule has 2 unspecified atom stereocenters. The molecule has 2 heterocycles. The van der Waals surface area contributed by atoms with Gasteiger partial charge in [-0.05, 0) is 5.41 Å². The van der Waals surface area contributed by atoms with Gasteiger partial charge in [-0.2, -0.15) is 0 Å². The van der Waals surface area contributed by atoms with Crippen molar-refractivity contribution in [2.75, 3.05) is 0 Å². The minimum atomic E-state index is 0.194. The van der Waals surface area contributed by atoms with Crippen LogP contribution in [-0.2, 0) is 0 Å². The molecule has 1 aliphatic carbocycles. The number of fused-ring (bicyclic) bond motifs is 1. The van der Waals surface area contributed by atoms with Gasteiger partial charge in [0.15, 0.2) is 5.65 Å². The van der Waals surface area contributed by atoms with Crippen LogP contribution in [0.3, 0.4) is 0 Å². The van der Waals surface area contributed by atoms with Crippen molar-refractivity contribution in [3.8, 4) is 0 Å². The Morgan fingerprint density at radius 2 is 2.13 bits per heavy atom. The van der Waals surface area contributed by atoms with Crippen molar-refractivity contribution in [1.29, 1.82) is 0 Å². The second kappa shape index (κ2) is 2.58. The van der Waals surface area contributed by atoms with Crippen LogP contribution in [-0.4, -0.2) is 20.4 Å². The summed E-state index contributed by atoms with van der Waals surface area (Å²) in [7, 11) is 0. The second-order valence-electron chi connectivity index (χ2n) is 4.81. The van der Waals surface area contributed by atoms with Gasteiger partial charge in [0.25, 0.3) is 0 Å². The van der Waals surface area contributed by atoms with Crippen LogP contribution in [0.5, 0.6) is 0 Å². The standard InChI is InChI=1S/C11H14N4/c1-11(2)9(10(11)12)7-5-14-8-6-13-3-4-15(7)8/h3-6,9-10H,12H2,1-2H3. The van der Waals surface area contributed by atoms with Crippen molar-refractivity contribution in [3.63, 3.8) is 0 Å². The molecule has 2 atom stereocenters. The Hall–Kier alpha value is -1.42. The predicted octanol–water partition coefficient (Wildman–Crippen LogP) is 1.18. The molecule has 2 aromatic heterocycles. The highest BCUT2D eigenvalue weighted by Gasteiger charge is 2.57. The number of imidazole rings is 1. The number of hydrogen-bond acceptors (Lipinski definition) is 3. The molecule has 0 bridgehead atoms. The van der Waals surface area contributed by atoms with Crippen LogP contribution in [0.2, 0.25) is 0 Å². The van der Waals surface area contributed by atoms with E-state index in [9.17, 15) is 0 Å². The Kier molecular flexibility index (Phi) is 1.52. The monoisotopic (exact) mass is 202 g/mol. The zero-order valence-electron chi connectivity index (χ0n) is 8.88. The van der Waals surface area contributed by atoms with Gasteiger partial charge in [0, 0.05) is 36.2 Å². The molecule has 15 heavy (non-hydrogen) atoms. The minimum Gasteiger partial charge on any atom is -0.327 e. The molecule has 78 valence electrons. The molecule has 1 saturated carbocycles. The lowest BCUT2D eigenvalue weighted by Crippen LogP contribution is -2.06. The van der Waals surface area contributed by atoms with E-state index in [0.29, 0.717) is 5.92 Å². The molecular weight excluding hydrogens is 188 g/mol. The van der Waals surface area contributed by atoms with Crippen LogP contribution in [0.15, 0.2) is 24.8 Å². The van der Waals surface area contributed by atoms with Gasteiger partial charge in [-0.25, -0.2) is 4.98 Å². The van der Waals surface area contributed by atoms with Crippen LogP contribution >= 0.6 is 0 Å². The van der Waals surface area contributed by atoms with Gasteiger partial charge in [0.05, 0.1) is 6.20 Å². The van der Waals surface area contributed by atoms with Gasteiger partial charge in [-0.1, -0.05) is 13.8 Å². The van der Waals surface area contributed by atoms with E-state index >= 15 is 0 Å². The first-order valence-electron chi connectivity index (χ1n) is 5.15. The lowest BCUT2D eigenvalue weighted by Gasteiger charge is -2.01. The topological polar surface area (TPSA) is 56.2 Å². The van der Waals surface area contributed by atoms with Gasteiger partial charge in [-0.3, -0.25) is 4.98 Å². The van der Waals surface area contributed by atoms with Gasteiger partial charge in [-0.15, -0.1) is 0 Å². The summed E-state index contributed by atoms with van der Waals surface area (Å²) in [6, 6.07) is 0.241. The second-order valence-corrected chi connectivity index (χ2v) is 4.81. The number of nitrogens with two attached hydrogens (primary N) is 1. The molecule has 2 aromatic rings. The van der Waals surface area contributed by atoms with Crippen LogP contribution in [0.25, 0.3) is 5.65 Å². The molecule has 0 aromatic carbocycles. The molecule has 2 N–H and O–H groups in total. The van der Waals surface area contributed by atoms with Crippen molar-refractivity contribution in [1.82, 2.24) is 14.4 Å². The summed E-state index contributed by atoms with van der Waals surface area (Å²) in [5.74, 6) is 0.412. The first-order chi connectivity index (χ1) is 7.12. The third kappa shape index (κ3) is 1.05. The van der Waals surface area contributed by atoms with E-state index in [2.05, 4.69) is 28.2 Å². The van der Waals surface area contributed by atoms with Crippen molar-refractivity contribution in [2.45, 2.75) is 25.8 Å². The number of nitrogens with zero attached hydrogens (tertiary/aromatic N) is 3. The van der Waals surface area contributed by atoms with Crippen molar-refractivity contribution < 1.29 is 0 Å². The zero-order chi connectivity index (χ0) is 10.6.